The van der Waals surface area contributed by atoms with Crippen LogP contribution in [-0.4, -0.2) is 102 Å². The number of fused-ring (bicyclic) bond motifs is 4. The first-order chi connectivity index (χ1) is 22.5. The van der Waals surface area contributed by atoms with Gasteiger partial charge in [-0.3, -0.25) is 9.69 Å². The van der Waals surface area contributed by atoms with Gasteiger partial charge in [-0.15, -0.1) is 12.4 Å². The summed E-state index contributed by atoms with van der Waals surface area (Å²) in [5.74, 6) is 1.12. The summed E-state index contributed by atoms with van der Waals surface area (Å²) in [5, 5.41) is 23.6. The van der Waals surface area contributed by atoms with Crippen LogP contribution >= 0.6 is 12.4 Å². The molecule has 0 bridgehead atoms. The smallest absolute Gasteiger partial charge is 0.303 e. The highest BCUT2D eigenvalue weighted by Crippen LogP contribution is 2.89. The summed E-state index contributed by atoms with van der Waals surface area (Å²) in [7, 11) is 0. The Hall–Kier alpha value is -0.520. The third-order valence-corrected chi connectivity index (χ3v) is 16.6. The van der Waals surface area contributed by atoms with E-state index < -0.39 is 29.9 Å². The molecular formula is C39H64ClNO8. The molecule has 0 aromatic heterocycles. The Labute approximate surface area is 300 Å². The van der Waals surface area contributed by atoms with Crippen molar-refractivity contribution in [1.29, 1.82) is 0 Å². The lowest BCUT2D eigenvalue weighted by Crippen LogP contribution is -2.60. The molecule has 14 atom stereocenters. The molecule has 0 radical (unpaired) electrons. The minimum atomic E-state index is -1.25. The number of esters is 1. The third kappa shape index (κ3) is 5.05. The fourth-order valence-electron chi connectivity index (χ4n) is 14.3. The molecule has 8 rings (SSSR count). The molecule has 280 valence electrons. The quantitative estimate of drug-likeness (QED) is 0.353. The van der Waals surface area contributed by atoms with E-state index in [1.807, 2.05) is 0 Å². The van der Waals surface area contributed by atoms with Gasteiger partial charge in [0.15, 0.2) is 12.4 Å². The van der Waals surface area contributed by atoms with Crippen LogP contribution in [0.4, 0.5) is 0 Å². The average Bonchev–Trinajstić information content (AvgIpc) is 3.61. The second-order valence-electron chi connectivity index (χ2n) is 19.3. The first-order valence-electron chi connectivity index (χ1n) is 19.3. The molecular weight excluding hydrogens is 646 g/mol. The molecule has 0 aromatic carbocycles. The first kappa shape index (κ1) is 36.8. The van der Waals surface area contributed by atoms with Crippen molar-refractivity contribution in [2.24, 2.45) is 50.7 Å². The Morgan fingerprint density at radius 2 is 1.71 bits per heavy atom. The van der Waals surface area contributed by atoms with Gasteiger partial charge in [-0.05, 0) is 111 Å². The third-order valence-electron chi connectivity index (χ3n) is 16.6. The molecule has 0 aromatic rings. The average molecular weight is 710 g/mol. The molecule has 0 unspecified atom stereocenters. The van der Waals surface area contributed by atoms with E-state index in [2.05, 4.69) is 39.5 Å². The van der Waals surface area contributed by atoms with Crippen LogP contribution in [0.25, 0.3) is 0 Å². The number of carbonyl (C=O) groups excluding carboxylic acids is 1. The number of hydrogen-bond donors (Lipinski definition) is 2. The number of aliphatic hydroxyl groups is 2. The maximum atomic E-state index is 12.6. The molecule has 5 saturated carbocycles. The summed E-state index contributed by atoms with van der Waals surface area (Å²) in [5.41, 5.74) is -0.943. The van der Waals surface area contributed by atoms with Gasteiger partial charge in [0.1, 0.15) is 0 Å². The van der Waals surface area contributed by atoms with Gasteiger partial charge < -0.3 is 33.9 Å². The Morgan fingerprint density at radius 3 is 2.37 bits per heavy atom. The van der Waals surface area contributed by atoms with Crippen LogP contribution in [0.5, 0.6) is 0 Å². The molecule has 3 saturated heterocycles. The SMILES string of the molecule is CC(=O)O[C@@H]([C@H]1C[C@@H](C)[C@H]2[C@H](O1)[C@H](O)[C@@]1(C)[C@@H]3CC[C@H]4C(C)(C)[C@@H](O[C@H]5CN(C6COC6)CCO5)CC[C@@]45C[C@@]35CC[C@]21C)C(C)(C)O.Cl. The number of hydrogen-bond acceptors (Lipinski definition) is 9. The lowest BCUT2D eigenvalue weighted by molar-refractivity contribution is -0.256. The molecule has 10 heteroatoms. The van der Waals surface area contributed by atoms with Gasteiger partial charge in [0.05, 0.1) is 62.4 Å². The zero-order valence-electron chi connectivity index (χ0n) is 31.2. The van der Waals surface area contributed by atoms with Gasteiger partial charge in [0.25, 0.3) is 0 Å². The molecule has 5 aliphatic carbocycles. The number of ether oxygens (including phenoxy) is 5. The van der Waals surface area contributed by atoms with E-state index >= 15 is 0 Å². The summed E-state index contributed by atoms with van der Waals surface area (Å²) >= 11 is 0. The van der Waals surface area contributed by atoms with Crippen LogP contribution in [0.15, 0.2) is 0 Å². The second-order valence-corrected chi connectivity index (χ2v) is 19.3. The highest BCUT2D eigenvalue weighted by atomic mass is 35.5. The van der Waals surface area contributed by atoms with Crippen molar-refractivity contribution < 1.29 is 38.7 Å². The first-order valence-corrected chi connectivity index (χ1v) is 19.3. The summed E-state index contributed by atoms with van der Waals surface area (Å²) in [6, 6.07) is 0.508. The van der Waals surface area contributed by atoms with Crippen molar-refractivity contribution in [3.05, 3.63) is 0 Å². The van der Waals surface area contributed by atoms with E-state index in [0.717, 1.165) is 52.2 Å². The fraction of sp³-hybridized carbons (Fsp3) is 0.974. The molecule has 3 heterocycles. The number of rotatable bonds is 6. The molecule has 2 N–H and O–H groups in total. The summed E-state index contributed by atoms with van der Waals surface area (Å²) in [6.07, 6.45) is 6.76. The van der Waals surface area contributed by atoms with Crippen LogP contribution in [0.3, 0.4) is 0 Å². The van der Waals surface area contributed by atoms with Crippen LogP contribution < -0.4 is 0 Å². The van der Waals surface area contributed by atoms with E-state index in [0.29, 0.717) is 29.7 Å². The van der Waals surface area contributed by atoms with E-state index in [4.69, 9.17) is 23.7 Å². The number of aliphatic hydroxyl groups excluding tert-OH is 1. The lowest BCUT2D eigenvalue weighted by Gasteiger charge is -2.64. The fourth-order valence-corrected chi connectivity index (χ4v) is 14.3. The normalized spacial score (nSPS) is 51.0. The van der Waals surface area contributed by atoms with Crippen molar-refractivity contribution in [3.8, 4) is 0 Å². The van der Waals surface area contributed by atoms with Gasteiger partial charge in [-0.25, -0.2) is 0 Å². The van der Waals surface area contributed by atoms with Crippen LogP contribution in [0, 0.1) is 50.7 Å². The Bertz CT molecular complexity index is 1290. The predicted molar refractivity (Wildman–Crippen MR) is 186 cm³/mol. The molecule has 8 aliphatic rings. The van der Waals surface area contributed by atoms with Crippen LogP contribution in [0.2, 0.25) is 0 Å². The standard InChI is InChI=1S/C39H63NO8.ClH/c1-22-17-25(33(35(5,6)43)46-23(2)41)47-31-30(22)36(7)13-14-39-21-38(39)12-11-28(48-29-18-40(15-16-45-29)24-19-44-20-24)34(3,4)26(38)9-10-27(39)37(36,8)32(31)42;/h22,24-33,42-43H,9-21H2,1-8H3;1H/t22-,25-,26+,27+,28+,29+,30+,31+,32+,33+,36-,37-,38-,39+;/m1./s1. The zero-order valence-corrected chi connectivity index (χ0v) is 32.1. The van der Waals surface area contributed by atoms with Gasteiger partial charge >= 0.3 is 5.97 Å². The van der Waals surface area contributed by atoms with Crippen molar-refractivity contribution in [3.63, 3.8) is 0 Å². The summed E-state index contributed by atoms with van der Waals surface area (Å²) in [4.78, 5) is 14.6. The van der Waals surface area contributed by atoms with E-state index in [-0.39, 0.29) is 64.4 Å². The minimum absolute atomic E-state index is 0. The number of morpholine rings is 1. The topological polar surface area (TPSA) is 107 Å². The molecule has 2 spiro atoms. The highest BCUT2D eigenvalue weighted by Gasteiger charge is 2.84. The van der Waals surface area contributed by atoms with Crippen molar-refractivity contribution >= 4 is 18.4 Å². The van der Waals surface area contributed by atoms with E-state index in [1.54, 1.807) is 13.8 Å². The highest BCUT2D eigenvalue weighted by molar-refractivity contribution is 5.85. The van der Waals surface area contributed by atoms with Crippen LogP contribution in [-0.2, 0) is 28.5 Å². The summed E-state index contributed by atoms with van der Waals surface area (Å²) < 4.78 is 31.1. The van der Waals surface area contributed by atoms with Gasteiger partial charge in [0.2, 0.25) is 0 Å². The molecule has 9 nitrogen and oxygen atoms in total. The van der Waals surface area contributed by atoms with E-state index in [1.165, 1.54) is 32.6 Å². The zero-order chi connectivity index (χ0) is 34.2. The lowest BCUT2D eigenvalue weighted by atomic mass is 9.41. The van der Waals surface area contributed by atoms with Crippen molar-refractivity contribution in [2.45, 2.75) is 155 Å². The van der Waals surface area contributed by atoms with Crippen LogP contribution in [0.1, 0.15) is 107 Å². The maximum absolute atomic E-state index is 12.6. The molecule has 8 fully saturated rings. The monoisotopic (exact) mass is 709 g/mol. The minimum Gasteiger partial charge on any atom is -0.457 e. The Balaban J connectivity index is 0.00000378. The van der Waals surface area contributed by atoms with Gasteiger partial charge in [-0.2, -0.15) is 0 Å². The number of halogens is 1. The molecule has 0 amide bonds. The maximum Gasteiger partial charge on any atom is 0.303 e. The molecule has 3 aliphatic heterocycles. The van der Waals surface area contributed by atoms with Crippen molar-refractivity contribution in [1.82, 2.24) is 4.90 Å². The van der Waals surface area contributed by atoms with Crippen molar-refractivity contribution in [2.75, 3.05) is 32.9 Å². The Kier molecular flexibility index (Phi) is 9.01. The second kappa shape index (κ2) is 12.0. The van der Waals surface area contributed by atoms with Gasteiger partial charge in [-0.1, -0.05) is 34.6 Å². The Morgan fingerprint density at radius 1 is 1.02 bits per heavy atom. The predicted octanol–water partition coefficient (Wildman–Crippen LogP) is 5.37. The molecule has 49 heavy (non-hydrogen) atoms. The number of nitrogens with zero attached hydrogens (tertiary/aromatic N) is 1. The number of carbonyl (C=O) groups is 1. The largest absolute Gasteiger partial charge is 0.457 e. The summed E-state index contributed by atoms with van der Waals surface area (Å²) in [6.45, 7) is 21.0. The van der Waals surface area contributed by atoms with Gasteiger partial charge in [0, 0.05) is 18.9 Å². The van der Waals surface area contributed by atoms with E-state index in [9.17, 15) is 15.0 Å².